The molecule has 0 saturated heterocycles. The van der Waals surface area contributed by atoms with Crippen LogP contribution in [0.2, 0.25) is 0 Å². The third-order valence-electron chi connectivity index (χ3n) is 2.24. The molecule has 1 heterocycles. The number of aromatic nitrogens is 1. The fourth-order valence-corrected chi connectivity index (χ4v) is 1.43. The molecule has 0 atom stereocenters. The standard InChI is InChI=1S/C11H8BF3N.K/c13-12(14,15)11-6-10(7-16-8-11)9-4-2-1-3-5-9;/h1-8H;/q-1;+1. The van der Waals surface area contributed by atoms with Crippen LogP contribution < -0.4 is 56.8 Å². The zero-order valence-corrected chi connectivity index (χ0v) is 12.4. The molecule has 0 amide bonds. The molecule has 0 N–H and O–H groups in total. The number of hydrogen-bond donors (Lipinski definition) is 0. The van der Waals surface area contributed by atoms with E-state index in [9.17, 15) is 12.9 Å². The monoisotopic (exact) mass is 261 g/mol. The first-order valence-corrected chi connectivity index (χ1v) is 4.78. The normalized spacial score (nSPS) is 10.8. The molecule has 0 aliphatic rings. The summed E-state index contributed by atoms with van der Waals surface area (Å²) in [5.41, 5.74) is 0.551. The van der Waals surface area contributed by atoms with E-state index >= 15 is 0 Å². The van der Waals surface area contributed by atoms with Gasteiger partial charge in [0.2, 0.25) is 0 Å². The van der Waals surface area contributed by atoms with Crippen LogP contribution in [0.25, 0.3) is 11.1 Å². The molecule has 1 nitrogen and oxygen atoms in total. The van der Waals surface area contributed by atoms with Gasteiger partial charge in [0.05, 0.1) is 0 Å². The van der Waals surface area contributed by atoms with Gasteiger partial charge in [0.25, 0.3) is 0 Å². The maximum absolute atomic E-state index is 12.5. The molecule has 0 spiro atoms. The molecule has 17 heavy (non-hydrogen) atoms. The second-order valence-corrected chi connectivity index (χ2v) is 3.45. The van der Waals surface area contributed by atoms with Crippen molar-refractivity contribution in [1.29, 1.82) is 0 Å². The number of pyridine rings is 1. The van der Waals surface area contributed by atoms with Crippen molar-refractivity contribution in [2.24, 2.45) is 0 Å². The van der Waals surface area contributed by atoms with Crippen LogP contribution in [0, 0.1) is 0 Å². The van der Waals surface area contributed by atoms with Crippen LogP contribution in [0.5, 0.6) is 0 Å². The Morgan fingerprint density at radius 2 is 1.53 bits per heavy atom. The van der Waals surface area contributed by atoms with E-state index in [4.69, 9.17) is 0 Å². The first-order valence-electron chi connectivity index (χ1n) is 4.78. The Hall–Kier alpha value is -0.139. The summed E-state index contributed by atoms with van der Waals surface area (Å²) in [4.78, 5) is 3.62. The predicted octanol–water partition coefficient (Wildman–Crippen LogP) is -0.193. The molecule has 0 fully saturated rings. The van der Waals surface area contributed by atoms with Gasteiger partial charge in [-0.1, -0.05) is 41.9 Å². The minimum absolute atomic E-state index is 0. The largest absolute Gasteiger partial charge is 1.00 e. The van der Waals surface area contributed by atoms with Crippen molar-refractivity contribution in [2.75, 3.05) is 0 Å². The van der Waals surface area contributed by atoms with Gasteiger partial charge in [0, 0.05) is 6.20 Å². The Kier molecular flexibility index (Phi) is 5.40. The average Bonchev–Trinajstić information content (AvgIpc) is 2.29. The van der Waals surface area contributed by atoms with Gasteiger partial charge in [-0.2, -0.15) is 0 Å². The van der Waals surface area contributed by atoms with Gasteiger partial charge in [0.1, 0.15) is 0 Å². The van der Waals surface area contributed by atoms with Crippen LogP contribution in [-0.4, -0.2) is 12.0 Å². The van der Waals surface area contributed by atoms with Crippen molar-refractivity contribution in [2.45, 2.75) is 0 Å². The summed E-state index contributed by atoms with van der Waals surface area (Å²) in [6.45, 7) is -4.98. The molecular formula is C11H8BF3KN. The van der Waals surface area contributed by atoms with Crippen molar-refractivity contribution < 1.29 is 64.3 Å². The Bertz CT molecular complexity index is 488. The molecule has 0 bridgehead atoms. The van der Waals surface area contributed by atoms with Crippen LogP contribution in [0.1, 0.15) is 0 Å². The second kappa shape index (κ2) is 6.15. The molecule has 0 aliphatic heterocycles. The van der Waals surface area contributed by atoms with E-state index in [1.807, 2.05) is 6.07 Å². The number of halogens is 3. The smallest absolute Gasteiger partial charge is 0.445 e. The SMILES string of the molecule is F[B-](F)(F)c1cncc(-c2ccccc2)c1.[K+]. The third kappa shape index (κ3) is 3.93. The molecule has 2 rings (SSSR count). The first-order chi connectivity index (χ1) is 7.57. The average molecular weight is 261 g/mol. The van der Waals surface area contributed by atoms with Gasteiger partial charge >= 0.3 is 58.4 Å². The van der Waals surface area contributed by atoms with Crippen molar-refractivity contribution in [3.05, 3.63) is 48.8 Å². The molecule has 1 aromatic heterocycles. The molecular weight excluding hydrogens is 253 g/mol. The quantitative estimate of drug-likeness (QED) is 0.683. The van der Waals surface area contributed by atoms with E-state index in [0.717, 1.165) is 17.8 Å². The topological polar surface area (TPSA) is 12.9 Å². The van der Waals surface area contributed by atoms with Crippen LogP contribution in [0.4, 0.5) is 12.9 Å². The minimum Gasteiger partial charge on any atom is -0.445 e. The molecule has 82 valence electrons. The van der Waals surface area contributed by atoms with Gasteiger partial charge < -0.3 is 12.9 Å². The van der Waals surface area contributed by atoms with Crippen LogP contribution in [-0.2, 0) is 0 Å². The molecule has 0 aliphatic carbocycles. The van der Waals surface area contributed by atoms with E-state index in [-0.39, 0.29) is 51.4 Å². The van der Waals surface area contributed by atoms with E-state index in [1.165, 1.54) is 6.20 Å². The zero-order valence-electron chi connectivity index (χ0n) is 9.28. The Morgan fingerprint density at radius 1 is 0.882 bits per heavy atom. The minimum atomic E-state index is -4.98. The molecule has 0 radical (unpaired) electrons. The Balaban J connectivity index is 0.00000144. The fourth-order valence-electron chi connectivity index (χ4n) is 1.43. The predicted molar refractivity (Wildman–Crippen MR) is 58.4 cm³/mol. The first kappa shape index (κ1) is 14.9. The van der Waals surface area contributed by atoms with E-state index in [1.54, 1.807) is 24.3 Å². The summed E-state index contributed by atoms with van der Waals surface area (Å²) in [5, 5.41) is 0. The number of rotatable bonds is 2. The number of benzene rings is 1. The summed E-state index contributed by atoms with van der Waals surface area (Å²) in [7, 11) is 0. The maximum atomic E-state index is 12.5. The van der Waals surface area contributed by atoms with E-state index in [2.05, 4.69) is 4.98 Å². The van der Waals surface area contributed by atoms with Gasteiger partial charge in [-0.3, -0.25) is 4.98 Å². The van der Waals surface area contributed by atoms with Crippen LogP contribution in [0.15, 0.2) is 48.8 Å². The fraction of sp³-hybridized carbons (Fsp3) is 0. The Morgan fingerprint density at radius 3 is 2.12 bits per heavy atom. The van der Waals surface area contributed by atoms with Gasteiger partial charge in [-0.15, -0.1) is 0 Å². The molecule has 2 aromatic rings. The van der Waals surface area contributed by atoms with Crippen molar-refractivity contribution in [3.8, 4) is 11.1 Å². The second-order valence-electron chi connectivity index (χ2n) is 3.45. The third-order valence-corrected chi connectivity index (χ3v) is 2.24. The maximum Gasteiger partial charge on any atom is 1.00 e. The van der Waals surface area contributed by atoms with Gasteiger partial charge in [0.15, 0.2) is 0 Å². The van der Waals surface area contributed by atoms with Crippen LogP contribution >= 0.6 is 0 Å². The van der Waals surface area contributed by atoms with Gasteiger partial charge in [-0.05, 0) is 17.3 Å². The molecule has 0 unspecified atom stereocenters. The summed E-state index contributed by atoms with van der Waals surface area (Å²) < 4.78 is 37.5. The van der Waals surface area contributed by atoms with Crippen molar-refractivity contribution in [1.82, 2.24) is 4.98 Å². The van der Waals surface area contributed by atoms with Crippen molar-refractivity contribution >= 4 is 12.4 Å². The Labute approximate surface area is 140 Å². The molecule has 6 heteroatoms. The van der Waals surface area contributed by atoms with E-state index in [0.29, 0.717) is 5.56 Å². The summed E-state index contributed by atoms with van der Waals surface area (Å²) in [6, 6.07) is 10.0. The summed E-state index contributed by atoms with van der Waals surface area (Å²) >= 11 is 0. The number of nitrogens with zero attached hydrogens (tertiary/aromatic N) is 1. The van der Waals surface area contributed by atoms with E-state index < -0.39 is 12.4 Å². The zero-order chi connectivity index (χ0) is 11.6. The number of hydrogen-bond acceptors (Lipinski definition) is 1. The van der Waals surface area contributed by atoms with Gasteiger partial charge in [-0.25, -0.2) is 0 Å². The summed E-state index contributed by atoms with van der Waals surface area (Å²) in [6.07, 6.45) is 2.28. The van der Waals surface area contributed by atoms with Crippen molar-refractivity contribution in [3.63, 3.8) is 0 Å². The molecule has 1 aromatic carbocycles. The molecule has 0 saturated carbocycles. The van der Waals surface area contributed by atoms with Crippen LogP contribution in [0.3, 0.4) is 0 Å². The summed E-state index contributed by atoms with van der Waals surface area (Å²) in [5.74, 6) is 0.